The highest BCUT2D eigenvalue weighted by molar-refractivity contribution is 8.13. The highest BCUT2D eigenvalue weighted by Crippen LogP contribution is 2.18. The van der Waals surface area contributed by atoms with Gasteiger partial charge in [0.25, 0.3) is 0 Å². The van der Waals surface area contributed by atoms with E-state index in [1.54, 1.807) is 6.07 Å². The Kier molecular flexibility index (Phi) is 3.57. The molecule has 1 aromatic carbocycles. The van der Waals surface area contributed by atoms with Crippen molar-refractivity contribution in [1.82, 2.24) is 0 Å². The Labute approximate surface area is 84.8 Å². The summed E-state index contributed by atoms with van der Waals surface area (Å²) < 4.78 is 12.9. The van der Waals surface area contributed by atoms with Crippen LogP contribution >= 0.6 is 23.4 Å². The van der Waals surface area contributed by atoms with E-state index >= 15 is 0 Å². The quantitative estimate of drug-likeness (QED) is 0.592. The van der Waals surface area contributed by atoms with Gasteiger partial charge in [-0.15, -0.1) is 0 Å². The van der Waals surface area contributed by atoms with Gasteiger partial charge in [-0.1, -0.05) is 29.4 Å². The monoisotopic (exact) mass is 218 g/mol. The highest BCUT2D eigenvalue weighted by atomic mass is 35.5. The zero-order valence-corrected chi connectivity index (χ0v) is 8.25. The minimum atomic E-state index is -0.441. The van der Waals surface area contributed by atoms with Crippen LogP contribution in [0.1, 0.15) is 5.56 Å². The molecule has 0 aromatic heterocycles. The lowest BCUT2D eigenvalue weighted by molar-refractivity contribution is 0.627. The van der Waals surface area contributed by atoms with Crippen LogP contribution in [0.25, 0.3) is 0 Å². The van der Waals surface area contributed by atoms with Crippen LogP contribution in [0.4, 0.5) is 4.39 Å². The fourth-order valence-corrected chi connectivity index (χ4v) is 1.41. The molecular weight excluding hydrogens is 211 g/mol. The maximum atomic E-state index is 12.9. The lowest BCUT2D eigenvalue weighted by atomic mass is 10.2. The van der Waals surface area contributed by atoms with E-state index in [0.29, 0.717) is 5.75 Å². The summed E-state index contributed by atoms with van der Waals surface area (Å²) in [5, 5.41) is 7.09. The molecule has 0 bridgehead atoms. The number of nitrogens with one attached hydrogen (secondary N) is 1. The summed E-state index contributed by atoms with van der Waals surface area (Å²) in [5.41, 5.74) is 5.90. The predicted molar refractivity (Wildman–Crippen MR) is 54.6 cm³/mol. The molecule has 0 fully saturated rings. The van der Waals surface area contributed by atoms with Gasteiger partial charge in [-0.3, -0.25) is 5.41 Å². The normalized spacial score (nSPS) is 10.0. The molecule has 0 heterocycles. The van der Waals surface area contributed by atoms with Crippen molar-refractivity contribution in [2.75, 3.05) is 0 Å². The number of thioether (sulfide) groups is 1. The molecule has 1 aromatic rings. The van der Waals surface area contributed by atoms with Gasteiger partial charge in [-0.05, 0) is 17.7 Å². The second kappa shape index (κ2) is 4.48. The van der Waals surface area contributed by atoms with Crippen molar-refractivity contribution < 1.29 is 4.39 Å². The standard InChI is InChI=1S/C8H8ClFN2S/c9-6-2-1-5(3-7(6)10)4-13-8(11)12/h1-3H,4H2,(H3,11,12). The van der Waals surface area contributed by atoms with E-state index in [-0.39, 0.29) is 10.2 Å². The third-order valence-electron chi connectivity index (χ3n) is 1.38. The molecule has 0 unspecified atom stereocenters. The molecule has 0 saturated carbocycles. The first-order chi connectivity index (χ1) is 6.09. The van der Waals surface area contributed by atoms with Crippen LogP contribution in [0, 0.1) is 11.2 Å². The van der Waals surface area contributed by atoms with Crippen LogP contribution in [0.2, 0.25) is 5.02 Å². The Balaban J connectivity index is 2.68. The predicted octanol–water partition coefficient (Wildman–Crippen LogP) is 2.61. The number of rotatable bonds is 2. The van der Waals surface area contributed by atoms with Gasteiger partial charge >= 0.3 is 0 Å². The molecule has 0 aliphatic heterocycles. The Morgan fingerprint density at radius 1 is 1.62 bits per heavy atom. The zero-order chi connectivity index (χ0) is 9.84. The first kappa shape index (κ1) is 10.3. The number of hydrogen-bond donors (Lipinski definition) is 2. The number of nitrogens with two attached hydrogens (primary N) is 1. The molecule has 5 heteroatoms. The van der Waals surface area contributed by atoms with Crippen LogP contribution in [0.5, 0.6) is 0 Å². The van der Waals surface area contributed by atoms with Crippen molar-refractivity contribution in [3.05, 3.63) is 34.6 Å². The minimum absolute atomic E-state index is 0.0235. The van der Waals surface area contributed by atoms with Gasteiger partial charge in [-0.2, -0.15) is 0 Å². The van der Waals surface area contributed by atoms with Crippen LogP contribution < -0.4 is 5.73 Å². The van der Waals surface area contributed by atoms with Gasteiger partial charge in [0.15, 0.2) is 5.17 Å². The molecule has 2 nitrogen and oxygen atoms in total. The summed E-state index contributed by atoms with van der Waals surface area (Å²) >= 11 is 6.64. The smallest absolute Gasteiger partial charge is 0.151 e. The minimum Gasteiger partial charge on any atom is -0.379 e. The molecule has 0 amide bonds. The number of halogens is 2. The van der Waals surface area contributed by atoms with Gasteiger partial charge in [0, 0.05) is 5.75 Å². The molecule has 0 atom stereocenters. The lowest BCUT2D eigenvalue weighted by Crippen LogP contribution is -2.03. The molecule has 0 aliphatic rings. The van der Waals surface area contributed by atoms with E-state index in [9.17, 15) is 4.39 Å². The van der Waals surface area contributed by atoms with Gasteiger partial charge in [0.2, 0.25) is 0 Å². The van der Waals surface area contributed by atoms with Crippen molar-refractivity contribution in [2.24, 2.45) is 5.73 Å². The van der Waals surface area contributed by atoms with Crippen molar-refractivity contribution in [1.29, 1.82) is 5.41 Å². The Morgan fingerprint density at radius 3 is 2.85 bits per heavy atom. The zero-order valence-electron chi connectivity index (χ0n) is 6.68. The van der Waals surface area contributed by atoms with E-state index in [1.807, 2.05) is 0 Å². The highest BCUT2D eigenvalue weighted by Gasteiger charge is 2.01. The van der Waals surface area contributed by atoms with E-state index in [2.05, 4.69) is 0 Å². The third-order valence-corrected chi connectivity index (χ3v) is 2.47. The van der Waals surface area contributed by atoms with Crippen LogP contribution in [0.15, 0.2) is 18.2 Å². The van der Waals surface area contributed by atoms with Crippen molar-refractivity contribution >= 4 is 28.5 Å². The Bertz CT molecular complexity index is 330. The first-order valence-corrected chi connectivity index (χ1v) is 4.86. The van der Waals surface area contributed by atoms with E-state index < -0.39 is 5.82 Å². The number of amidine groups is 1. The summed E-state index contributed by atoms with van der Waals surface area (Å²) in [6.07, 6.45) is 0. The van der Waals surface area contributed by atoms with Crippen LogP contribution in [0.3, 0.4) is 0 Å². The molecule has 3 N–H and O–H groups in total. The number of hydrogen-bond acceptors (Lipinski definition) is 2. The Hall–Kier alpha value is -0.740. The molecule has 0 spiro atoms. The topological polar surface area (TPSA) is 49.9 Å². The summed E-state index contributed by atoms with van der Waals surface area (Å²) in [5.74, 6) is 0.0481. The second-order valence-corrected chi connectivity index (χ2v) is 3.83. The maximum Gasteiger partial charge on any atom is 0.151 e. The van der Waals surface area contributed by atoms with E-state index in [4.69, 9.17) is 22.7 Å². The summed E-state index contributed by atoms with van der Waals surface area (Å²) in [6.45, 7) is 0. The molecule has 13 heavy (non-hydrogen) atoms. The third kappa shape index (κ3) is 3.24. The average molecular weight is 219 g/mol. The molecule has 0 saturated heterocycles. The largest absolute Gasteiger partial charge is 0.379 e. The SMILES string of the molecule is N=C(N)SCc1ccc(Cl)c(F)c1. The maximum absolute atomic E-state index is 12.9. The summed E-state index contributed by atoms with van der Waals surface area (Å²) in [7, 11) is 0. The number of benzene rings is 1. The Morgan fingerprint density at radius 2 is 2.31 bits per heavy atom. The van der Waals surface area contributed by atoms with Gasteiger partial charge in [0.05, 0.1) is 5.02 Å². The van der Waals surface area contributed by atoms with E-state index in [1.165, 1.54) is 12.1 Å². The van der Waals surface area contributed by atoms with Gasteiger partial charge < -0.3 is 5.73 Å². The lowest BCUT2D eigenvalue weighted by Gasteiger charge is -2.00. The first-order valence-electron chi connectivity index (χ1n) is 3.50. The molecule has 0 aliphatic carbocycles. The van der Waals surface area contributed by atoms with E-state index in [0.717, 1.165) is 17.3 Å². The fourth-order valence-electron chi connectivity index (χ4n) is 0.791. The summed E-state index contributed by atoms with van der Waals surface area (Å²) in [6, 6.07) is 4.55. The van der Waals surface area contributed by atoms with Crippen molar-refractivity contribution in [3.8, 4) is 0 Å². The van der Waals surface area contributed by atoms with Gasteiger partial charge in [-0.25, -0.2) is 4.39 Å². The van der Waals surface area contributed by atoms with Crippen molar-refractivity contribution in [2.45, 2.75) is 5.75 Å². The average Bonchev–Trinajstić information content (AvgIpc) is 2.07. The van der Waals surface area contributed by atoms with Crippen LogP contribution in [-0.2, 0) is 5.75 Å². The molecule has 0 radical (unpaired) electrons. The van der Waals surface area contributed by atoms with Crippen molar-refractivity contribution in [3.63, 3.8) is 0 Å². The fraction of sp³-hybridized carbons (Fsp3) is 0.125. The summed E-state index contributed by atoms with van der Waals surface area (Å²) in [4.78, 5) is 0. The second-order valence-electron chi connectivity index (χ2n) is 2.40. The van der Waals surface area contributed by atoms with Crippen LogP contribution in [-0.4, -0.2) is 5.17 Å². The molecule has 70 valence electrons. The molecular formula is C8H8ClFN2S. The van der Waals surface area contributed by atoms with Gasteiger partial charge in [0.1, 0.15) is 5.82 Å². The molecule has 1 rings (SSSR count).